The molecule has 0 bridgehead atoms. The monoisotopic (exact) mass is 299 g/mol. The number of carbonyl (C=O) groups excluding carboxylic acids is 1. The van der Waals surface area contributed by atoms with Crippen molar-refractivity contribution in [1.82, 2.24) is 0 Å². The molecule has 114 valence electrons. The van der Waals surface area contributed by atoms with E-state index in [1.54, 1.807) is 19.1 Å². The van der Waals surface area contributed by atoms with Crippen LogP contribution in [0.5, 0.6) is 0 Å². The Bertz CT molecular complexity index is 669. The van der Waals surface area contributed by atoms with E-state index in [1.165, 1.54) is 12.1 Å². The second-order valence-electron chi connectivity index (χ2n) is 5.39. The molecule has 3 nitrogen and oxygen atoms in total. The van der Waals surface area contributed by atoms with Crippen molar-refractivity contribution >= 4 is 11.7 Å². The van der Waals surface area contributed by atoms with E-state index in [2.05, 4.69) is 5.32 Å². The fraction of sp³-hybridized carbons (Fsp3) is 0.278. The summed E-state index contributed by atoms with van der Waals surface area (Å²) in [6, 6.07) is 14.0. The number of ether oxygens (including phenoxy) is 1. The van der Waals surface area contributed by atoms with Gasteiger partial charge in [-0.1, -0.05) is 30.3 Å². The van der Waals surface area contributed by atoms with Crippen LogP contribution in [0.2, 0.25) is 0 Å². The zero-order valence-corrected chi connectivity index (χ0v) is 12.4. The first-order valence-electron chi connectivity index (χ1n) is 7.45. The van der Waals surface area contributed by atoms with Gasteiger partial charge in [-0.3, -0.25) is 4.79 Å². The van der Waals surface area contributed by atoms with Crippen molar-refractivity contribution in [1.29, 1.82) is 0 Å². The SMILES string of the molecule is CCOC(=O)[C@@H]1Cc2ccccc2N[C@@H]1c1ccc(F)cc1. The molecule has 0 unspecified atom stereocenters. The molecule has 0 aliphatic carbocycles. The van der Waals surface area contributed by atoms with Crippen LogP contribution < -0.4 is 5.32 Å². The summed E-state index contributed by atoms with van der Waals surface area (Å²) in [5, 5.41) is 3.40. The lowest BCUT2D eigenvalue weighted by Gasteiger charge is -2.33. The molecule has 1 heterocycles. The van der Waals surface area contributed by atoms with Crippen LogP contribution in [0.15, 0.2) is 48.5 Å². The summed E-state index contributed by atoms with van der Waals surface area (Å²) in [6.07, 6.45) is 0.615. The molecule has 2 aromatic rings. The minimum Gasteiger partial charge on any atom is -0.466 e. The summed E-state index contributed by atoms with van der Waals surface area (Å²) >= 11 is 0. The number of fused-ring (bicyclic) bond motifs is 1. The number of anilines is 1. The van der Waals surface area contributed by atoms with Crippen LogP contribution in [0.3, 0.4) is 0 Å². The topological polar surface area (TPSA) is 38.3 Å². The molecule has 0 aromatic heterocycles. The number of para-hydroxylation sites is 1. The van der Waals surface area contributed by atoms with Gasteiger partial charge in [0.25, 0.3) is 0 Å². The van der Waals surface area contributed by atoms with Gasteiger partial charge in [0.2, 0.25) is 0 Å². The molecule has 1 aliphatic heterocycles. The summed E-state index contributed by atoms with van der Waals surface area (Å²) in [7, 11) is 0. The number of esters is 1. The number of benzene rings is 2. The van der Waals surface area contributed by atoms with Gasteiger partial charge in [-0.2, -0.15) is 0 Å². The van der Waals surface area contributed by atoms with Crippen molar-refractivity contribution in [3.63, 3.8) is 0 Å². The number of hydrogen-bond acceptors (Lipinski definition) is 3. The Morgan fingerprint density at radius 1 is 1.23 bits per heavy atom. The third kappa shape index (κ3) is 2.82. The lowest BCUT2D eigenvalue weighted by Crippen LogP contribution is -2.34. The lowest BCUT2D eigenvalue weighted by atomic mass is 9.83. The van der Waals surface area contributed by atoms with E-state index in [9.17, 15) is 9.18 Å². The van der Waals surface area contributed by atoms with Crippen LogP contribution in [0.1, 0.15) is 24.1 Å². The summed E-state index contributed by atoms with van der Waals surface area (Å²) in [4.78, 5) is 12.3. The van der Waals surface area contributed by atoms with Gasteiger partial charge in [-0.05, 0) is 42.7 Å². The van der Waals surface area contributed by atoms with Crippen molar-refractivity contribution in [2.75, 3.05) is 11.9 Å². The molecule has 1 N–H and O–H groups in total. The van der Waals surface area contributed by atoms with Gasteiger partial charge in [-0.15, -0.1) is 0 Å². The average Bonchev–Trinajstić information content (AvgIpc) is 2.54. The van der Waals surface area contributed by atoms with Crippen molar-refractivity contribution in [3.05, 3.63) is 65.5 Å². The van der Waals surface area contributed by atoms with E-state index >= 15 is 0 Å². The highest BCUT2D eigenvalue weighted by atomic mass is 19.1. The molecule has 2 atom stereocenters. The zero-order valence-electron chi connectivity index (χ0n) is 12.4. The highest BCUT2D eigenvalue weighted by Gasteiger charge is 2.35. The molecule has 0 radical (unpaired) electrons. The normalized spacial score (nSPS) is 19.9. The fourth-order valence-corrected chi connectivity index (χ4v) is 2.92. The molecule has 2 aromatic carbocycles. The van der Waals surface area contributed by atoms with Crippen LogP contribution in [-0.4, -0.2) is 12.6 Å². The van der Waals surface area contributed by atoms with Crippen molar-refractivity contribution < 1.29 is 13.9 Å². The second-order valence-corrected chi connectivity index (χ2v) is 5.39. The fourth-order valence-electron chi connectivity index (χ4n) is 2.92. The predicted octanol–water partition coefficient (Wildman–Crippen LogP) is 3.71. The molecule has 0 fully saturated rings. The Kier molecular flexibility index (Phi) is 4.09. The van der Waals surface area contributed by atoms with E-state index in [-0.39, 0.29) is 23.7 Å². The molecular formula is C18H18FNO2. The minimum atomic E-state index is -0.319. The third-order valence-electron chi connectivity index (χ3n) is 3.99. The summed E-state index contributed by atoms with van der Waals surface area (Å²) in [5.41, 5.74) is 2.99. The lowest BCUT2D eigenvalue weighted by molar-refractivity contribution is -0.148. The Morgan fingerprint density at radius 2 is 1.95 bits per heavy atom. The number of halogens is 1. The van der Waals surface area contributed by atoms with Gasteiger partial charge in [0.05, 0.1) is 18.6 Å². The van der Waals surface area contributed by atoms with Crippen molar-refractivity contribution in [2.45, 2.75) is 19.4 Å². The van der Waals surface area contributed by atoms with Crippen LogP contribution in [0.25, 0.3) is 0 Å². The molecule has 22 heavy (non-hydrogen) atoms. The predicted molar refractivity (Wildman–Crippen MR) is 83.0 cm³/mol. The third-order valence-corrected chi connectivity index (χ3v) is 3.99. The standard InChI is InChI=1S/C18H18FNO2/c1-2-22-18(21)15-11-13-5-3-4-6-16(13)20-17(15)12-7-9-14(19)10-8-12/h3-10,15,17,20H,2,11H2,1H3/t15-,17-/m1/s1. The van der Waals surface area contributed by atoms with E-state index in [0.717, 1.165) is 16.8 Å². The Balaban J connectivity index is 1.96. The van der Waals surface area contributed by atoms with Gasteiger partial charge in [-0.25, -0.2) is 4.39 Å². The first kappa shape index (κ1) is 14.6. The number of hydrogen-bond donors (Lipinski definition) is 1. The van der Waals surface area contributed by atoms with E-state index in [1.807, 2.05) is 24.3 Å². The summed E-state index contributed by atoms with van der Waals surface area (Å²) < 4.78 is 18.4. The number of rotatable bonds is 3. The minimum absolute atomic E-state index is 0.213. The van der Waals surface area contributed by atoms with E-state index < -0.39 is 0 Å². The molecule has 0 amide bonds. The maximum absolute atomic E-state index is 13.2. The maximum Gasteiger partial charge on any atom is 0.311 e. The molecule has 4 heteroatoms. The van der Waals surface area contributed by atoms with Gasteiger partial charge in [0, 0.05) is 5.69 Å². The van der Waals surface area contributed by atoms with Gasteiger partial charge in [0.1, 0.15) is 5.82 Å². The summed E-state index contributed by atoms with van der Waals surface area (Å²) in [5.74, 6) is -0.827. The van der Waals surface area contributed by atoms with Gasteiger partial charge in [0.15, 0.2) is 0 Å². The van der Waals surface area contributed by atoms with Crippen LogP contribution in [0.4, 0.5) is 10.1 Å². The smallest absolute Gasteiger partial charge is 0.311 e. The van der Waals surface area contributed by atoms with Gasteiger partial charge < -0.3 is 10.1 Å². The molecule has 0 saturated heterocycles. The molecule has 1 aliphatic rings. The molecule has 0 saturated carbocycles. The molecule has 0 spiro atoms. The first-order chi connectivity index (χ1) is 10.7. The Labute approximate surface area is 129 Å². The largest absolute Gasteiger partial charge is 0.466 e. The van der Waals surface area contributed by atoms with Crippen LogP contribution in [0, 0.1) is 11.7 Å². The van der Waals surface area contributed by atoms with Crippen LogP contribution in [-0.2, 0) is 16.0 Å². The maximum atomic E-state index is 13.2. The number of carbonyl (C=O) groups is 1. The Morgan fingerprint density at radius 3 is 2.68 bits per heavy atom. The summed E-state index contributed by atoms with van der Waals surface area (Å²) in [6.45, 7) is 2.15. The van der Waals surface area contributed by atoms with Crippen LogP contribution >= 0.6 is 0 Å². The zero-order chi connectivity index (χ0) is 15.5. The molecular weight excluding hydrogens is 281 g/mol. The Hall–Kier alpha value is -2.36. The number of nitrogens with one attached hydrogen (secondary N) is 1. The van der Waals surface area contributed by atoms with E-state index in [0.29, 0.717) is 13.0 Å². The average molecular weight is 299 g/mol. The van der Waals surface area contributed by atoms with Crippen molar-refractivity contribution in [2.24, 2.45) is 5.92 Å². The van der Waals surface area contributed by atoms with E-state index in [4.69, 9.17) is 4.74 Å². The molecule has 3 rings (SSSR count). The first-order valence-corrected chi connectivity index (χ1v) is 7.45. The quantitative estimate of drug-likeness (QED) is 0.878. The highest BCUT2D eigenvalue weighted by Crippen LogP contribution is 2.37. The second kappa shape index (κ2) is 6.18. The highest BCUT2D eigenvalue weighted by molar-refractivity contribution is 5.77. The van der Waals surface area contributed by atoms with Gasteiger partial charge >= 0.3 is 5.97 Å². The van der Waals surface area contributed by atoms with Crippen molar-refractivity contribution in [3.8, 4) is 0 Å².